The predicted octanol–water partition coefficient (Wildman–Crippen LogP) is 8.49. The summed E-state index contributed by atoms with van der Waals surface area (Å²) in [5.41, 5.74) is -16.1. The summed E-state index contributed by atoms with van der Waals surface area (Å²) in [5.74, 6) is -89.6. The molecule has 0 aliphatic rings. The lowest BCUT2D eigenvalue weighted by Gasteiger charge is -2.21. The van der Waals surface area contributed by atoms with Gasteiger partial charge >= 0.3 is 0 Å². The predicted molar refractivity (Wildman–Crippen MR) is 187 cm³/mol. The maximum atomic E-state index is 14.4. The van der Waals surface area contributed by atoms with Crippen molar-refractivity contribution in [3.05, 3.63) is 187 Å². The second-order valence-electron chi connectivity index (χ2n) is 13.8. The Labute approximate surface area is 386 Å². The molecule has 0 saturated carbocycles. The summed E-state index contributed by atoms with van der Waals surface area (Å²) in [6.07, 6.45) is 2.37. The van der Waals surface area contributed by atoms with Crippen LogP contribution in [0.15, 0.2) is 0 Å². The van der Waals surface area contributed by atoms with E-state index in [4.69, 9.17) is 0 Å². The minimum Gasteiger partial charge on any atom is -0.418 e. The molecule has 0 saturated heterocycles. The van der Waals surface area contributed by atoms with Crippen LogP contribution in [0.4, 0.5) is 132 Å². The highest BCUT2D eigenvalue weighted by molar-refractivity contribution is 6.96. The quantitative estimate of drug-likeness (QED) is 0.0598. The summed E-state index contributed by atoms with van der Waals surface area (Å²) in [6.45, 7) is -6.10. The lowest BCUT2D eigenvalue weighted by atomic mass is 9.36. The lowest BCUT2D eigenvalue weighted by molar-refractivity contribution is 0.380. The molecule has 0 unspecified atom stereocenters. The number of nitrogens with zero attached hydrogens (tertiary/aromatic N) is 2. The van der Waals surface area contributed by atoms with Crippen LogP contribution in [0.25, 0.3) is 0 Å². The SMILES string of the molecule is Cc1n[c-]n[nH]1.Fc1c(F)c(F)c(B(c2c(F)c(F)c(F)c(F)c2F)c2c(F)c(F)c(F)c(F)c2F)c(F)c1F.Fc1c(F)c(F)c(B(c2c(F)c(F)c(F)c(F)c2F)c2c(F)c(F)c(F)c(F)c2F)c(F)c1F. The van der Waals surface area contributed by atoms with Gasteiger partial charge in [-0.1, -0.05) is 6.92 Å². The van der Waals surface area contributed by atoms with Crippen molar-refractivity contribution in [3.63, 3.8) is 0 Å². The summed E-state index contributed by atoms with van der Waals surface area (Å²) in [6, 6.07) is 0. The van der Waals surface area contributed by atoms with Gasteiger partial charge in [-0.05, 0) is 12.2 Å². The molecule has 74 heavy (non-hydrogen) atoms. The summed E-state index contributed by atoms with van der Waals surface area (Å²) in [4.78, 5) is 3.62. The maximum absolute atomic E-state index is 14.4. The number of hydrogen-bond donors (Lipinski definition) is 1. The van der Waals surface area contributed by atoms with Crippen LogP contribution >= 0.6 is 0 Å². The summed E-state index contributed by atoms with van der Waals surface area (Å²) < 4.78 is 417. The molecule has 0 radical (unpaired) electrons. The van der Waals surface area contributed by atoms with Crippen molar-refractivity contribution in [1.29, 1.82) is 0 Å². The standard InChI is InChI=1S/2C18BF15.C3H4N3/c2*20-4-1(5(21)11(27)16(32)10(4)26)19(2-6(22)12(28)17(33)13(29)7(2)23)3-8(24)14(30)18(34)15(31)9(3)25;1-3-4-2-5-6-3/h;;1H3,(H,4,5,6)/q;;-1. The van der Waals surface area contributed by atoms with Gasteiger partial charge in [0, 0.05) is 32.8 Å². The first kappa shape index (κ1) is 57.4. The molecule has 392 valence electrons. The number of aromatic amines is 1. The van der Waals surface area contributed by atoms with E-state index in [0.29, 0.717) is 0 Å². The van der Waals surface area contributed by atoms with Gasteiger partial charge in [-0.15, -0.1) is 0 Å². The molecule has 7 aromatic rings. The van der Waals surface area contributed by atoms with Crippen LogP contribution < -0.4 is 32.8 Å². The molecule has 3 nitrogen and oxygen atoms in total. The van der Waals surface area contributed by atoms with E-state index in [0.717, 1.165) is 5.82 Å². The fourth-order valence-electron chi connectivity index (χ4n) is 6.35. The minimum atomic E-state index is -3.96. The molecule has 0 atom stereocenters. The van der Waals surface area contributed by atoms with E-state index >= 15 is 0 Å². The van der Waals surface area contributed by atoms with Crippen LogP contribution in [-0.2, 0) is 0 Å². The van der Waals surface area contributed by atoms with Crippen LogP contribution in [0.3, 0.4) is 0 Å². The van der Waals surface area contributed by atoms with Gasteiger partial charge in [0.05, 0.1) is 0 Å². The van der Waals surface area contributed by atoms with Crippen LogP contribution in [0, 0.1) is 188 Å². The van der Waals surface area contributed by atoms with Crippen molar-refractivity contribution in [2.24, 2.45) is 0 Å². The Hall–Kier alpha value is -7.51. The number of aromatic nitrogens is 3. The van der Waals surface area contributed by atoms with Crippen molar-refractivity contribution in [2.45, 2.75) is 6.92 Å². The number of hydrogen-bond acceptors (Lipinski definition) is 2. The number of aryl methyl sites for hydroxylation is 1. The van der Waals surface area contributed by atoms with E-state index in [1.807, 2.05) is 6.92 Å². The molecule has 35 heteroatoms. The minimum absolute atomic E-state index is 0.801. The Morgan fingerprint density at radius 1 is 0.230 bits per heavy atom. The van der Waals surface area contributed by atoms with E-state index in [9.17, 15) is 132 Å². The molecule has 1 heterocycles. The third-order valence-corrected chi connectivity index (χ3v) is 9.68. The fourth-order valence-corrected chi connectivity index (χ4v) is 6.35. The molecular weight excluding hydrogens is 1100 g/mol. The van der Waals surface area contributed by atoms with Gasteiger partial charge in [0.15, 0.2) is 175 Å². The fraction of sp³-hybridized carbons (Fsp3) is 0.0256. The number of rotatable bonds is 6. The molecule has 6 aromatic carbocycles. The van der Waals surface area contributed by atoms with Crippen LogP contribution in [0.1, 0.15) is 5.82 Å². The van der Waals surface area contributed by atoms with Gasteiger partial charge in [-0.2, -0.15) is 0 Å². The Balaban J connectivity index is 0.000000245. The van der Waals surface area contributed by atoms with Crippen LogP contribution in [0.5, 0.6) is 0 Å². The smallest absolute Gasteiger partial charge is 0.265 e. The lowest BCUT2D eigenvalue weighted by Crippen LogP contribution is -2.60. The summed E-state index contributed by atoms with van der Waals surface area (Å²) in [7, 11) is 0. The van der Waals surface area contributed by atoms with Crippen molar-refractivity contribution in [2.75, 3.05) is 0 Å². The number of benzene rings is 6. The molecular formula is C39H4B2F30N3-. The maximum Gasteiger partial charge on any atom is 0.265 e. The topological polar surface area (TPSA) is 41.6 Å². The molecule has 0 aliphatic carbocycles. The Kier molecular flexibility index (Phi) is 16.4. The third kappa shape index (κ3) is 9.27. The van der Waals surface area contributed by atoms with Crippen molar-refractivity contribution < 1.29 is 132 Å². The highest BCUT2D eigenvalue weighted by Gasteiger charge is 2.47. The molecule has 0 amide bonds. The normalized spacial score (nSPS) is 11.2. The van der Waals surface area contributed by atoms with E-state index < -0.39 is 221 Å². The van der Waals surface area contributed by atoms with Gasteiger partial charge in [0.2, 0.25) is 0 Å². The molecule has 0 spiro atoms. The second-order valence-corrected chi connectivity index (χ2v) is 13.8. The first-order chi connectivity index (χ1) is 34.2. The third-order valence-electron chi connectivity index (χ3n) is 9.68. The number of nitrogens with one attached hydrogen (secondary N) is 1. The van der Waals surface area contributed by atoms with E-state index in [1.54, 1.807) is 0 Å². The highest BCUT2D eigenvalue weighted by Crippen LogP contribution is 2.26. The van der Waals surface area contributed by atoms with E-state index in [-0.39, 0.29) is 0 Å². The molecule has 0 aliphatic heterocycles. The Morgan fingerprint density at radius 2 is 0.351 bits per heavy atom. The van der Waals surface area contributed by atoms with Gasteiger partial charge in [-0.3, -0.25) is 5.10 Å². The van der Waals surface area contributed by atoms with Gasteiger partial charge in [0.25, 0.3) is 13.4 Å². The van der Waals surface area contributed by atoms with Crippen molar-refractivity contribution >= 4 is 46.2 Å². The van der Waals surface area contributed by atoms with Crippen LogP contribution in [-0.4, -0.2) is 28.6 Å². The number of H-pyrrole nitrogens is 1. The molecule has 1 aromatic heterocycles. The van der Waals surface area contributed by atoms with Gasteiger partial charge < -0.3 is 10.1 Å². The highest BCUT2D eigenvalue weighted by atomic mass is 19.2. The first-order valence-electron chi connectivity index (χ1n) is 18.0. The van der Waals surface area contributed by atoms with Crippen LogP contribution in [0.2, 0.25) is 0 Å². The summed E-state index contributed by atoms with van der Waals surface area (Å²) >= 11 is 0. The average Bonchev–Trinajstić information content (AvgIpc) is 3.86. The molecule has 0 bridgehead atoms. The van der Waals surface area contributed by atoms with E-state index in [1.165, 1.54) is 0 Å². The molecule has 7 rings (SSSR count). The molecule has 1 N–H and O–H groups in total. The zero-order chi connectivity index (χ0) is 56.3. The second kappa shape index (κ2) is 21.1. The van der Waals surface area contributed by atoms with Gasteiger partial charge in [-0.25, -0.2) is 132 Å². The summed E-state index contributed by atoms with van der Waals surface area (Å²) in [5, 5.41) is 6.04. The van der Waals surface area contributed by atoms with E-state index in [2.05, 4.69) is 21.5 Å². The average molecular weight is 1110 g/mol. The molecule has 0 fully saturated rings. The number of halogens is 30. The zero-order valence-electron chi connectivity index (χ0n) is 33.9. The Bertz CT molecular complexity index is 2730. The monoisotopic (exact) mass is 1110 g/mol. The van der Waals surface area contributed by atoms with Crippen molar-refractivity contribution in [1.82, 2.24) is 15.2 Å². The van der Waals surface area contributed by atoms with Crippen molar-refractivity contribution in [3.8, 4) is 0 Å². The zero-order valence-corrected chi connectivity index (χ0v) is 33.9. The Morgan fingerprint density at radius 3 is 0.432 bits per heavy atom. The first-order valence-corrected chi connectivity index (χ1v) is 18.0. The largest absolute Gasteiger partial charge is 0.418 e. The van der Waals surface area contributed by atoms with Gasteiger partial charge in [0.1, 0.15) is 0 Å².